The number of nitro benzene ring substituents is 1. The van der Waals surface area contributed by atoms with Crippen LogP contribution in [0.3, 0.4) is 0 Å². The van der Waals surface area contributed by atoms with E-state index in [2.05, 4.69) is 6.58 Å². The van der Waals surface area contributed by atoms with Gasteiger partial charge in [-0.3, -0.25) is 10.1 Å². The zero-order valence-electron chi connectivity index (χ0n) is 9.47. The molecule has 4 heteroatoms. The van der Waals surface area contributed by atoms with Crippen molar-refractivity contribution in [3.8, 4) is 5.75 Å². The molecule has 1 aromatic rings. The lowest BCUT2D eigenvalue weighted by Crippen LogP contribution is -1.99. The molecular weight excluding hydrogens is 206 g/mol. The van der Waals surface area contributed by atoms with E-state index in [4.69, 9.17) is 4.74 Å². The van der Waals surface area contributed by atoms with Gasteiger partial charge in [0.15, 0.2) is 5.75 Å². The minimum Gasteiger partial charge on any atom is -0.487 e. The summed E-state index contributed by atoms with van der Waals surface area (Å²) in [5, 5.41) is 10.8. The molecule has 1 aromatic carbocycles. The number of benzene rings is 1. The van der Waals surface area contributed by atoms with Gasteiger partial charge in [0.2, 0.25) is 0 Å². The van der Waals surface area contributed by atoms with E-state index >= 15 is 0 Å². The molecule has 1 unspecified atom stereocenters. The highest BCUT2D eigenvalue weighted by molar-refractivity contribution is 5.49. The van der Waals surface area contributed by atoms with Gasteiger partial charge in [-0.1, -0.05) is 19.1 Å². The minimum absolute atomic E-state index is 0.00172. The van der Waals surface area contributed by atoms with E-state index in [0.717, 1.165) is 5.56 Å². The Kier molecular flexibility index (Phi) is 4.05. The Labute approximate surface area is 94.7 Å². The highest BCUT2D eigenvalue weighted by Crippen LogP contribution is 2.30. The molecule has 4 nitrogen and oxygen atoms in total. The highest BCUT2D eigenvalue weighted by Gasteiger charge is 2.16. The Morgan fingerprint density at radius 3 is 2.81 bits per heavy atom. The molecule has 86 valence electrons. The predicted molar refractivity (Wildman–Crippen MR) is 62.9 cm³/mol. The van der Waals surface area contributed by atoms with Crippen LogP contribution in [0.25, 0.3) is 0 Å². The van der Waals surface area contributed by atoms with Gasteiger partial charge < -0.3 is 4.74 Å². The third-order valence-corrected chi connectivity index (χ3v) is 2.36. The third-order valence-electron chi connectivity index (χ3n) is 2.36. The summed E-state index contributed by atoms with van der Waals surface area (Å²) in [6.07, 6.45) is 1.79. The van der Waals surface area contributed by atoms with E-state index in [-0.39, 0.29) is 11.6 Å². The second-order valence-electron chi connectivity index (χ2n) is 3.44. The summed E-state index contributed by atoms with van der Waals surface area (Å²) in [5.41, 5.74) is 0.964. The smallest absolute Gasteiger partial charge is 0.310 e. The standard InChI is InChI=1S/C12H15NO3/c1-4-9(3)10-6-7-11(13(14)15)12(8-10)16-5-2/h4,6-9H,1,5H2,2-3H3. The molecule has 0 bridgehead atoms. The van der Waals surface area contributed by atoms with Gasteiger partial charge in [0, 0.05) is 6.07 Å². The molecule has 0 spiro atoms. The fourth-order valence-electron chi connectivity index (χ4n) is 1.37. The van der Waals surface area contributed by atoms with E-state index in [9.17, 15) is 10.1 Å². The van der Waals surface area contributed by atoms with Crippen molar-refractivity contribution >= 4 is 5.69 Å². The van der Waals surface area contributed by atoms with Gasteiger partial charge in [-0.05, 0) is 24.5 Å². The SMILES string of the molecule is C=CC(C)c1ccc([N+](=O)[O-])c(OCC)c1. The van der Waals surface area contributed by atoms with Crippen molar-refractivity contribution in [2.45, 2.75) is 19.8 Å². The molecule has 0 fully saturated rings. The molecule has 0 saturated carbocycles. The fourth-order valence-corrected chi connectivity index (χ4v) is 1.37. The van der Waals surface area contributed by atoms with Crippen molar-refractivity contribution < 1.29 is 9.66 Å². The number of ether oxygens (including phenoxy) is 1. The summed E-state index contributed by atoms with van der Waals surface area (Å²) in [6, 6.07) is 4.90. The van der Waals surface area contributed by atoms with E-state index in [1.165, 1.54) is 6.07 Å². The van der Waals surface area contributed by atoms with Gasteiger partial charge in [-0.2, -0.15) is 0 Å². The maximum atomic E-state index is 10.8. The van der Waals surface area contributed by atoms with Gasteiger partial charge in [0.1, 0.15) is 0 Å². The van der Waals surface area contributed by atoms with Gasteiger partial charge >= 0.3 is 5.69 Å². The molecule has 0 aliphatic heterocycles. The molecule has 0 N–H and O–H groups in total. The molecule has 0 aromatic heterocycles. The van der Waals surface area contributed by atoms with E-state index < -0.39 is 4.92 Å². The third kappa shape index (κ3) is 2.59. The topological polar surface area (TPSA) is 52.4 Å². The minimum atomic E-state index is -0.437. The van der Waals surface area contributed by atoms with Crippen LogP contribution in [0.1, 0.15) is 25.3 Å². The molecule has 0 aliphatic rings. The predicted octanol–water partition coefficient (Wildman–Crippen LogP) is 3.28. The first kappa shape index (κ1) is 12.2. The summed E-state index contributed by atoms with van der Waals surface area (Å²) in [6.45, 7) is 7.88. The van der Waals surface area contributed by atoms with Crippen LogP contribution in [-0.2, 0) is 0 Å². The molecule has 0 amide bonds. The second kappa shape index (κ2) is 5.30. The van der Waals surface area contributed by atoms with E-state index in [1.807, 2.05) is 6.92 Å². The quantitative estimate of drug-likeness (QED) is 0.435. The summed E-state index contributed by atoms with van der Waals surface area (Å²) in [5.74, 6) is 0.471. The first-order valence-electron chi connectivity index (χ1n) is 5.13. The Hall–Kier alpha value is -1.84. The van der Waals surface area contributed by atoms with Crippen LogP contribution in [0.2, 0.25) is 0 Å². The summed E-state index contributed by atoms with van der Waals surface area (Å²) in [7, 11) is 0. The maximum absolute atomic E-state index is 10.8. The molecule has 0 heterocycles. The van der Waals surface area contributed by atoms with Gasteiger partial charge in [0.05, 0.1) is 11.5 Å². The monoisotopic (exact) mass is 221 g/mol. The van der Waals surface area contributed by atoms with Gasteiger partial charge in [-0.25, -0.2) is 0 Å². The number of rotatable bonds is 5. The fraction of sp³-hybridized carbons (Fsp3) is 0.333. The van der Waals surface area contributed by atoms with Crippen LogP contribution in [0.15, 0.2) is 30.9 Å². The van der Waals surface area contributed by atoms with E-state index in [0.29, 0.717) is 12.4 Å². The first-order valence-corrected chi connectivity index (χ1v) is 5.13. The van der Waals surface area contributed by atoms with Crippen LogP contribution in [0.4, 0.5) is 5.69 Å². The van der Waals surface area contributed by atoms with Gasteiger partial charge in [0.25, 0.3) is 0 Å². The van der Waals surface area contributed by atoms with E-state index in [1.54, 1.807) is 25.1 Å². The lowest BCUT2D eigenvalue weighted by atomic mass is 10.0. The lowest BCUT2D eigenvalue weighted by Gasteiger charge is -2.09. The summed E-state index contributed by atoms with van der Waals surface area (Å²) in [4.78, 5) is 10.3. The largest absolute Gasteiger partial charge is 0.487 e. The molecule has 1 rings (SSSR count). The normalized spacial score (nSPS) is 11.9. The van der Waals surface area contributed by atoms with Crippen LogP contribution >= 0.6 is 0 Å². The van der Waals surface area contributed by atoms with Crippen LogP contribution < -0.4 is 4.74 Å². The average molecular weight is 221 g/mol. The first-order chi connectivity index (χ1) is 7.60. The number of nitrogens with zero attached hydrogens (tertiary/aromatic N) is 1. The molecule has 1 atom stereocenters. The van der Waals surface area contributed by atoms with Crippen LogP contribution in [-0.4, -0.2) is 11.5 Å². The number of hydrogen-bond acceptors (Lipinski definition) is 3. The zero-order chi connectivity index (χ0) is 12.1. The van der Waals surface area contributed by atoms with Crippen molar-refractivity contribution in [2.24, 2.45) is 0 Å². The zero-order valence-corrected chi connectivity index (χ0v) is 9.47. The number of allylic oxidation sites excluding steroid dienone is 1. The lowest BCUT2D eigenvalue weighted by molar-refractivity contribution is -0.385. The molecular formula is C12H15NO3. The molecule has 0 aliphatic carbocycles. The Morgan fingerprint density at radius 1 is 1.62 bits per heavy atom. The van der Waals surface area contributed by atoms with Crippen molar-refractivity contribution in [3.05, 3.63) is 46.5 Å². The van der Waals surface area contributed by atoms with Crippen molar-refractivity contribution in [3.63, 3.8) is 0 Å². The van der Waals surface area contributed by atoms with Crippen LogP contribution in [0, 0.1) is 10.1 Å². The van der Waals surface area contributed by atoms with Crippen molar-refractivity contribution in [1.82, 2.24) is 0 Å². The van der Waals surface area contributed by atoms with Crippen molar-refractivity contribution in [2.75, 3.05) is 6.61 Å². The molecule has 0 radical (unpaired) electrons. The molecule has 0 saturated heterocycles. The number of nitro groups is 1. The Morgan fingerprint density at radius 2 is 2.31 bits per heavy atom. The maximum Gasteiger partial charge on any atom is 0.310 e. The second-order valence-corrected chi connectivity index (χ2v) is 3.44. The Balaban J connectivity index is 3.16. The summed E-state index contributed by atoms with van der Waals surface area (Å²) < 4.78 is 5.26. The summed E-state index contributed by atoms with van der Waals surface area (Å²) >= 11 is 0. The average Bonchev–Trinajstić information content (AvgIpc) is 2.28. The van der Waals surface area contributed by atoms with Crippen molar-refractivity contribution in [1.29, 1.82) is 0 Å². The Bertz CT molecular complexity index is 401. The van der Waals surface area contributed by atoms with Crippen LogP contribution in [0.5, 0.6) is 5.75 Å². The van der Waals surface area contributed by atoms with Gasteiger partial charge in [-0.15, -0.1) is 6.58 Å². The number of hydrogen-bond donors (Lipinski definition) is 0. The molecule has 16 heavy (non-hydrogen) atoms. The highest BCUT2D eigenvalue weighted by atomic mass is 16.6.